The molecule has 2 aromatic carbocycles. The van der Waals surface area contributed by atoms with Crippen LogP contribution in [0.3, 0.4) is 0 Å². The van der Waals surface area contributed by atoms with E-state index in [4.69, 9.17) is 4.74 Å². The summed E-state index contributed by atoms with van der Waals surface area (Å²) in [4.78, 5) is 27.6. The molecule has 2 N–H and O–H groups in total. The van der Waals surface area contributed by atoms with Crippen molar-refractivity contribution < 1.29 is 28.6 Å². The van der Waals surface area contributed by atoms with E-state index in [1.54, 1.807) is 43.2 Å². The van der Waals surface area contributed by atoms with Crippen LogP contribution < -0.4 is 15.1 Å². The highest BCUT2D eigenvalue weighted by atomic mass is 19.1. The fourth-order valence-electron chi connectivity index (χ4n) is 4.47. The Labute approximate surface area is 205 Å². The molecule has 0 unspecified atom stereocenters. The van der Waals surface area contributed by atoms with E-state index < -0.39 is 28.6 Å². The molecule has 1 saturated heterocycles. The van der Waals surface area contributed by atoms with Crippen LogP contribution in [0.2, 0.25) is 0 Å². The smallest absolute Gasteiger partial charge is 0.341 e. The Morgan fingerprint density at radius 1 is 1.14 bits per heavy atom. The molecule has 0 radical (unpaired) electrons. The molecule has 9 nitrogen and oxygen atoms in total. The number of carbonyl (C=O) groups is 1. The second kappa shape index (κ2) is 10.3. The summed E-state index contributed by atoms with van der Waals surface area (Å²) in [6.07, 6.45) is 1.09. The number of anilines is 1. The minimum Gasteiger partial charge on any atom is -0.497 e. The maximum absolute atomic E-state index is 15.7. The molecule has 3 aromatic rings. The SMILES string of the molecule is CCn1cc(C(=O)O)c(=O)c2cc(F)c(N3CCN(CC(=NO)c4ccc(OC)cc4)CC3)c(F)c21. The number of hydrogen-bond acceptors (Lipinski definition) is 7. The topological polar surface area (TPSA) is 108 Å². The minimum atomic E-state index is -1.45. The number of carboxylic acid groups (broad SMARTS) is 1. The second-order valence-electron chi connectivity index (χ2n) is 8.42. The van der Waals surface area contributed by atoms with Gasteiger partial charge in [0.1, 0.15) is 28.5 Å². The van der Waals surface area contributed by atoms with Crippen molar-refractivity contribution in [3.05, 3.63) is 69.5 Å². The number of aromatic nitrogens is 1. The number of benzene rings is 2. The number of hydrogen-bond donors (Lipinski definition) is 2. The monoisotopic (exact) mass is 500 g/mol. The van der Waals surface area contributed by atoms with Gasteiger partial charge in [-0.05, 0) is 37.3 Å². The molecular weight excluding hydrogens is 474 g/mol. The Kier molecular flexibility index (Phi) is 7.20. The van der Waals surface area contributed by atoms with Gasteiger partial charge in [0.15, 0.2) is 5.82 Å². The molecule has 11 heteroatoms. The molecule has 0 bridgehead atoms. The van der Waals surface area contributed by atoms with Crippen molar-refractivity contribution in [2.45, 2.75) is 13.5 Å². The Morgan fingerprint density at radius 3 is 2.36 bits per heavy atom. The van der Waals surface area contributed by atoms with Gasteiger partial charge in [-0.2, -0.15) is 0 Å². The number of fused-ring (bicyclic) bond motifs is 1. The van der Waals surface area contributed by atoms with Gasteiger partial charge in [-0.25, -0.2) is 13.6 Å². The highest BCUT2D eigenvalue weighted by Gasteiger charge is 2.27. The third kappa shape index (κ3) is 4.61. The zero-order valence-corrected chi connectivity index (χ0v) is 19.9. The predicted molar refractivity (Wildman–Crippen MR) is 131 cm³/mol. The van der Waals surface area contributed by atoms with E-state index in [2.05, 4.69) is 5.16 Å². The summed E-state index contributed by atoms with van der Waals surface area (Å²) in [5, 5.41) is 21.9. The molecule has 0 spiro atoms. The van der Waals surface area contributed by atoms with E-state index >= 15 is 8.78 Å². The fraction of sp³-hybridized carbons (Fsp3) is 0.320. The molecular formula is C25H26F2N4O5. The van der Waals surface area contributed by atoms with Crippen LogP contribution in [-0.4, -0.2) is 71.3 Å². The number of pyridine rings is 1. The van der Waals surface area contributed by atoms with Gasteiger partial charge < -0.3 is 24.5 Å². The molecule has 2 heterocycles. The van der Waals surface area contributed by atoms with E-state index in [1.165, 1.54) is 4.57 Å². The van der Waals surface area contributed by atoms with Crippen LogP contribution >= 0.6 is 0 Å². The van der Waals surface area contributed by atoms with Crippen LogP contribution in [0.4, 0.5) is 14.5 Å². The second-order valence-corrected chi connectivity index (χ2v) is 8.42. The third-order valence-corrected chi connectivity index (χ3v) is 6.41. The maximum atomic E-state index is 15.7. The van der Waals surface area contributed by atoms with Crippen LogP contribution in [0.15, 0.2) is 46.5 Å². The van der Waals surface area contributed by atoms with Gasteiger partial charge in [0.2, 0.25) is 5.43 Å². The molecule has 0 aliphatic carbocycles. The third-order valence-electron chi connectivity index (χ3n) is 6.41. The summed E-state index contributed by atoms with van der Waals surface area (Å²) < 4.78 is 37.2. The molecule has 1 aliphatic heterocycles. The van der Waals surface area contributed by atoms with Gasteiger partial charge in [-0.1, -0.05) is 5.16 Å². The number of nitrogens with zero attached hydrogens (tertiary/aromatic N) is 4. The van der Waals surface area contributed by atoms with Crippen molar-refractivity contribution in [1.82, 2.24) is 9.47 Å². The molecule has 0 amide bonds. The highest BCUT2D eigenvalue weighted by molar-refractivity contribution is 6.01. The van der Waals surface area contributed by atoms with E-state index in [0.717, 1.165) is 17.8 Å². The zero-order valence-electron chi connectivity index (χ0n) is 19.9. The molecule has 0 atom stereocenters. The molecule has 1 aliphatic rings. The van der Waals surface area contributed by atoms with Crippen molar-refractivity contribution in [3.8, 4) is 5.75 Å². The van der Waals surface area contributed by atoms with E-state index in [1.807, 2.05) is 4.90 Å². The normalized spacial score (nSPS) is 14.9. The van der Waals surface area contributed by atoms with Crippen LogP contribution in [-0.2, 0) is 6.54 Å². The summed E-state index contributed by atoms with van der Waals surface area (Å²) in [5.41, 5.74) is -0.659. The standard InChI is InChI=1S/C25H26F2N4O5/c1-3-30-13-18(25(33)34)24(32)17-12-19(26)23(21(27)22(17)30)31-10-8-29(9-11-31)14-20(28-35)15-4-6-16(36-2)7-5-15/h4-7,12-13,35H,3,8-11,14H2,1-2H3,(H,33,34). The van der Waals surface area contributed by atoms with Crippen molar-refractivity contribution in [1.29, 1.82) is 0 Å². The van der Waals surface area contributed by atoms with Crippen LogP contribution in [0.5, 0.6) is 5.75 Å². The molecule has 1 fully saturated rings. The number of piperazine rings is 1. The van der Waals surface area contributed by atoms with Gasteiger partial charge >= 0.3 is 5.97 Å². The van der Waals surface area contributed by atoms with Crippen molar-refractivity contribution in [2.24, 2.45) is 5.16 Å². The minimum absolute atomic E-state index is 0.125. The average Bonchev–Trinajstić information content (AvgIpc) is 2.88. The van der Waals surface area contributed by atoms with Crippen LogP contribution in [0, 0.1) is 11.6 Å². The zero-order chi connectivity index (χ0) is 26.0. The Balaban J connectivity index is 1.57. The van der Waals surface area contributed by atoms with Crippen molar-refractivity contribution in [3.63, 3.8) is 0 Å². The van der Waals surface area contributed by atoms with Gasteiger partial charge in [-0.15, -0.1) is 0 Å². The first-order chi connectivity index (χ1) is 17.3. The van der Waals surface area contributed by atoms with Crippen LogP contribution in [0.1, 0.15) is 22.8 Å². The molecule has 190 valence electrons. The molecule has 36 heavy (non-hydrogen) atoms. The lowest BCUT2D eigenvalue weighted by atomic mass is 10.1. The summed E-state index contributed by atoms with van der Waals surface area (Å²) in [5.74, 6) is -2.60. The summed E-state index contributed by atoms with van der Waals surface area (Å²) >= 11 is 0. The number of methoxy groups -OCH3 is 1. The lowest BCUT2D eigenvalue weighted by Crippen LogP contribution is -2.48. The highest BCUT2D eigenvalue weighted by Crippen LogP contribution is 2.31. The first-order valence-corrected chi connectivity index (χ1v) is 11.4. The lowest BCUT2D eigenvalue weighted by molar-refractivity contribution is 0.0694. The fourth-order valence-corrected chi connectivity index (χ4v) is 4.47. The number of ether oxygens (including phenoxy) is 1. The Hall–Kier alpha value is -3.99. The van der Waals surface area contributed by atoms with E-state index in [9.17, 15) is 19.9 Å². The van der Waals surface area contributed by atoms with E-state index in [0.29, 0.717) is 44.2 Å². The predicted octanol–water partition coefficient (Wildman–Crippen LogP) is 3.01. The van der Waals surface area contributed by atoms with Crippen LogP contribution in [0.25, 0.3) is 10.9 Å². The Morgan fingerprint density at radius 2 is 1.81 bits per heavy atom. The first-order valence-electron chi connectivity index (χ1n) is 11.4. The summed E-state index contributed by atoms with van der Waals surface area (Å²) in [7, 11) is 1.56. The molecule has 4 rings (SSSR count). The lowest BCUT2D eigenvalue weighted by Gasteiger charge is -2.36. The van der Waals surface area contributed by atoms with E-state index in [-0.39, 0.29) is 23.1 Å². The first kappa shape index (κ1) is 25.1. The van der Waals surface area contributed by atoms with Gasteiger partial charge in [0.05, 0.1) is 18.0 Å². The Bertz CT molecular complexity index is 1380. The number of oxime groups is 1. The van der Waals surface area contributed by atoms with Crippen molar-refractivity contribution in [2.75, 3.05) is 44.7 Å². The quantitative estimate of drug-likeness (QED) is 0.292. The average molecular weight is 501 g/mol. The maximum Gasteiger partial charge on any atom is 0.341 e. The number of aryl methyl sites for hydroxylation is 1. The van der Waals surface area contributed by atoms with Gasteiger partial charge in [0.25, 0.3) is 0 Å². The van der Waals surface area contributed by atoms with Gasteiger partial charge in [0, 0.05) is 51.0 Å². The van der Waals surface area contributed by atoms with Gasteiger partial charge in [-0.3, -0.25) is 9.69 Å². The number of halogens is 2. The number of aromatic carboxylic acids is 1. The summed E-state index contributed by atoms with van der Waals surface area (Å²) in [6, 6.07) is 8.01. The molecule has 0 saturated carbocycles. The largest absolute Gasteiger partial charge is 0.497 e. The summed E-state index contributed by atoms with van der Waals surface area (Å²) in [6.45, 7) is 3.71. The molecule has 1 aromatic heterocycles. The number of carboxylic acids is 1. The number of rotatable bonds is 7. The van der Waals surface area contributed by atoms with Crippen molar-refractivity contribution >= 4 is 28.3 Å².